The van der Waals surface area contributed by atoms with Gasteiger partial charge in [0.25, 0.3) is 5.91 Å². The number of aromatic nitrogens is 1. The number of carbonyl (C=O) groups is 2. The minimum Gasteiger partial charge on any atom is -0.298 e. The van der Waals surface area contributed by atoms with Crippen molar-refractivity contribution in [3.63, 3.8) is 0 Å². The maximum Gasteiger partial charge on any atom is 0.257 e. The summed E-state index contributed by atoms with van der Waals surface area (Å²) in [7, 11) is 0. The van der Waals surface area contributed by atoms with Gasteiger partial charge < -0.3 is 0 Å². The number of benzene rings is 3. The van der Waals surface area contributed by atoms with E-state index < -0.39 is 0 Å². The van der Waals surface area contributed by atoms with Crippen LogP contribution in [0.3, 0.4) is 0 Å². The zero-order valence-corrected chi connectivity index (χ0v) is 14.3. The molecule has 1 aromatic heterocycles. The first kappa shape index (κ1) is 15.5. The third-order valence-electron chi connectivity index (χ3n) is 4.05. The van der Waals surface area contributed by atoms with Crippen LogP contribution in [0.4, 0.5) is 5.13 Å². The van der Waals surface area contributed by atoms with E-state index >= 15 is 0 Å². The standard InChI is InChI=1S/C20H14N2O2S/c1-12(23)13-6-8-15(9-7-13)19(24)22-20-21-17-11-10-14-4-2-3-5-16(14)18(17)25-20/h2-11H,1H3,(H,21,22,24). The summed E-state index contributed by atoms with van der Waals surface area (Å²) in [4.78, 5) is 28.2. The van der Waals surface area contributed by atoms with Gasteiger partial charge in [-0.3, -0.25) is 14.9 Å². The fourth-order valence-corrected chi connectivity index (χ4v) is 3.73. The van der Waals surface area contributed by atoms with Crippen molar-refractivity contribution in [2.75, 3.05) is 5.32 Å². The molecule has 0 atom stereocenters. The van der Waals surface area contributed by atoms with Crippen molar-refractivity contribution < 1.29 is 9.59 Å². The highest BCUT2D eigenvalue weighted by molar-refractivity contribution is 7.23. The number of fused-ring (bicyclic) bond motifs is 3. The van der Waals surface area contributed by atoms with Crippen molar-refractivity contribution in [2.45, 2.75) is 6.92 Å². The average Bonchev–Trinajstić information content (AvgIpc) is 3.04. The topological polar surface area (TPSA) is 59.1 Å². The molecular formula is C20H14N2O2S. The average molecular weight is 346 g/mol. The zero-order valence-electron chi connectivity index (χ0n) is 13.4. The fraction of sp³-hybridized carbons (Fsp3) is 0.0500. The first-order chi connectivity index (χ1) is 12.1. The number of thiazole rings is 1. The summed E-state index contributed by atoms with van der Waals surface area (Å²) < 4.78 is 1.06. The van der Waals surface area contributed by atoms with Gasteiger partial charge in [-0.25, -0.2) is 4.98 Å². The summed E-state index contributed by atoms with van der Waals surface area (Å²) in [5.41, 5.74) is 1.95. The Labute approximate surface area is 148 Å². The first-order valence-electron chi connectivity index (χ1n) is 7.82. The highest BCUT2D eigenvalue weighted by Gasteiger charge is 2.12. The van der Waals surface area contributed by atoms with Crippen LogP contribution in [0.2, 0.25) is 0 Å². The van der Waals surface area contributed by atoms with Crippen LogP contribution in [0.1, 0.15) is 27.6 Å². The van der Waals surface area contributed by atoms with Crippen LogP contribution in [0.5, 0.6) is 0 Å². The second-order valence-corrected chi connectivity index (χ2v) is 6.74. The zero-order chi connectivity index (χ0) is 17.4. The summed E-state index contributed by atoms with van der Waals surface area (Å²) in [6, 6.07) is 18.7. The van der Waals surface area contributed by atoms with Gasteiger partial charge in [-0.05, 0) is 30.5 Å². The third kappa shape index (κ3) is 2.90. The molecule has 1 N–H and O–H groups in total. The Balaban J connectivity index is 1.65. The SMILES string of the molecule is CC(=O)c1ccc(C(=O)Nc2nc3ccc4ccccc4c3s2)cc1. The van der Waals surface area contributed by atoms with E-state index in [0.717, 1.165) is 21.0 Å². The Bertz CT molecular complexity index is 1110. The lowest BCUT2D eigenvalue weighted by molar-refractivity contribution is 0.101. The van der Waals surface area contributed by atoms with Gasteiger partial charge in [-0.2, -0.15) is 0 Å². The largest absolute Gasteiger partial charge is 0.298 e. The van der Waals surface area contributed by atoms with Gasteiger partial charge in [0.05, 0.1) is 10.2 Å². The van der Waals surface area contributed by atoms with E-state index in [-0.39, 0.29) is 11.7 Å². The van der Waals surface area contributed by atoms with Crippen molar-refractivity contribution in [3.8, 4) is 0 Å². The quantitative estimate of drug-likeness (QED) is 0.537. The normalized spacial score (nSPS) is 10.9. The van der Waals surface area contributed by atoms with E-state index in [1.807, 2.05) is 24.3 Å². The molecule has 4 rings (SSSR count). The lowest BCUT2D eigenvalue weighted by atomic mass is 10.1. The van der Waals surface area contributed by atoms with Crippen LogP contribution in [0, 0.1) is 0 Å². The summed E-state index contributed by atoms with van der Waals surface area (Å²) in [6.07, 6.45) is 0. The Kier molecular flexibility index (Phi) is 3.78. The second-order valence-electron chi connectivity index (χ2n) is 5.74. The number of nitrogens with zero attached hydrogens (tertiary/aromatic N) is 1. The number of anilines is 1. The molecule has 4 nitrogen and oxygen atoms in total. The maximum absolute atomic E-state index is 12.4. The number of carbonyl (C=O) groups excluding carboxylic acids is 2. The molecule has 4 aromatic rings. The molecule has 0 aliphatic heterocycles. The van der Waals surface area contributed by atoms with E-state index in [2.05, 4.69) is 22.4 Å². The Morgan fingerprint density at radius 3 is 2.40 bits per heavy atom. The fourth-order valence-electron chi connectivity index (χ4n) is 2.73. The molecule has 1 heterocycles. The first-order valence-corrected chi connectivity index (χ1v) is 8.64. The van der Waals surface area contributed by atoms with Gasteiger partial charge in [0.1, 0.15) is 0 Å². The van der Waals surface area contributed by atoms with Gasteiger partial charge in [-0.1, -0.05) is 53.8 Å². The molecule has 122 valence electrons. The van der Waals surface area contributed by atoms with Crippen molar-refractivity contribution in [1.29, 1.82) is 0 Å². The molecule has 5 heteroatoms. The molecule has 0 saturated heterocycles. The molecule has 0 fully saturated rings. The highest BCUT2D eigenvalue weighted by Crippen LogP contribution is 2.32. The molecule has 0 radical (unpaired) electrons. The molecule has 0 aliphatic carbocycles. The highest BCUT2D eigenvalue weighted by atomic mass is 32.1. The molecule has 0 aliphatic rings. The number of ketones is 1. The maximum atomic E-state index is 12.4. The van der Waals surface area contributed by atoms with Gasteiger partial charge in [0.15, 0.2) is 10.9 Å². The number of Topliss-reactive ketones (excluding diaryl/α,β-unsaturated/α-hetero) is 1. The smallest absolute Gasteiger partial charge is 0.257 e. The van der Waals surface area contributed by atoms with E-state index in [9.17, 15) is 9.59 Å². The van der Waals surface area contributed by atoms with Gasteiger partial charge in [0.2, 0.25) is 0 Å². The van der Waals surface area contributed by atoms with Crippen LogP contribution < -0.4 is 5.32 Å². The summed E-state index contributed by atoms with van der Waals surface area (Å²) in [6.45, 7) is 1.50. The lowest BCUT2D eigenvalue weighted by Gasteiger charge is -2.02. The molecular weight excluding hydrogens is 332 g/mol. The molecule has 3 aromatic carbocycles. The molecule has 0 spiro atoms. The van der Waals surface area contributed by atoms with Gasteiger partial charge in [0, 0.05) is 16.5 Å². The van der Waals surface area contributed by atoms with Crippen molar-refractivity contribution in [1.82, 2.24) is 4.98 Å². The second kappa shape index (κ2) is 6.11. The number of hydrogen-bond acceptors (Lipinski definition) is 4. The number of amides is 1. The van der Waals surface area contributed by atoms with Crippen molar-refractivity contribution in [3.05, 3.63) is 71.8 Å². The van der Waals surface area contributed by atoms with E-state index in [1.165, 1.54) is 18.3 Å². The molecule has 25 heavy (non-hydrogen) atoms. The summed E-state index contributed by atoms with van der Waals surface area (Å²) in [5.74, 6) is -0.261. The minimum atomic E-state index is -0.238. The van der Waals surface area contributed by atoms with Gasteiger partial charge >= 0.3 is 0 Å². The van der Waals surface area contributed by atoms with E-state index in [1.54, 1.807) is 24.3 Å². The number of rotatable bonds is 3. The predicted octanol–water partition coefficient (Wildman–Crippen LogP) is 4.90. The van der Waals surface area contributed by atoms with E-state index in [4.69, 9.17) is 0 Å². The minimum absolute atomic E-state index is 0.0231. The summed E-state index contributed by atoms with van der Waals surface area (Å²) >= 11 is 1.46. The van der Waals surface area contributed by atoms with Crippen LogP contribution in [0.15, 0.2) is 60.7 Å². The molecule has 0 bridgehead atoms. The van der Waals surface area contributed by atoms with Crippen molar-refractivity contribution >= 4 is 49.1 Å². The predicted molar refractivity (Wildman–Crippen MR) is 102 cm³/mol. The summed E-state index contributed by atoms with van der Waals surface area (Å²) in [5, 5.41) is 5.68. The molecule has 1 amide bonds. The van der Waals surface area contributed by atoms with Crippen LogP contribution in [-0.4, -0.2) is 16.7 Å². The van der Waals surface area contributed by atoms with Crippen LogP contribution >= 0.6 is 11.3 Å². The third-order valence-corrected chi connectivity index (χ3v) is 5.07. The Morgan fingerprint density at radius 2 is 1.64 bits per heavy atom. The van der Waals surface area contributed by atoms with Crippen LogP contribution in [-0.2, 0) is 0 Å². The van der Waals surface area contributed by atoms with Crippen molar-refractivity contribution in [2.24, 2.45) is 0 Å². The number of hydrogen-bond donors (Lipinski definition) is 1. The number of nitrogens with one attached hydrogen (secondary N) is 1. The van der Waals surface area contributed by atoms with Gasteiger partial charge in [-0.15, -0.1) is 0 Å². The molecule has 0 saturated carbocycles. The monoisotopic (exact) mass is 346 g/mol. The lowest BCUT2D eigenvalue weighted by Crippen LogP contribution is -2.11. The van der Waals surface area contributed by atoms with E-state index in [0.29, 0.717) is 16.3 Å². The molecule has 0 unspecified atom stereocenters. The Morgan fingerprint density at radius 1 is 0.920 bits per heavy atom. The van der Waals surface area contributed by atoms with Crippen LogP contribution in [0.25, 0.3) is 21.0 Å². The Hall–Kier alpha value is -3.05.